The van der Waals surface area contributed by atoms with E-state index >= 15 is 0 Å². The molecule has 0 atom stereocenters. The number of nitrogen functional groups attached to an aromatic ring is 1. The predicted molar refractivity (Wildman–Crippen MR) is 88.7 cm³/mol. The van der Waals surface area contributed by atoms with E-state index in [2.05, 4.69) is 24.4 Å². The number of aryl methyl sites for hydroxylation is 3. The first-order valence-electron chi connectivity index (χ1n) is 7.28. The van der Waals surface area contributed by atoms with Crippen LogP contribution in [0, 0.1) is 13.8 Å². The molecule has 2 rings (SSSR count). The number of rotatable bonds is 4. The van der Waals surface area contributed by atoms with Crippen molar-refractivity contribution in [2.75, 3.05) is 11.1 Å². The highest BCUT2D eigenvalue weighted by Crippen LogP contribution is 2.19. The summed E-state index contributed by atoms with van der Waals surface area (Å²) >= 11 is 0. The van der Waals surface area contributed by atoms with E-state index in [9.17, 15) is 4.79 Å². The van der Waals surface area contributed by atoms with Crippen LogP contribution >= 0.6 is 0 Å². The van der Waals surface area contributed by atoms with Gasteiger partial charge in [-0.3, -0.25) is 4.79 Å². The van der Waals surface area contributed by atoms with E-state index in [1.807, 2.05) is 32.0 Å². The lowest BCUT2D eigenvalue weighted by atomic mass is 10.0. The number of nitrogens with one attached hydrogen (secondary N) is 1. The molecule has 0 heterocycles. The third-order valence-corrected chi connectivity index (χ3v) is 3.61. The van der Waals surface area contributed by atoms with Gasteiger partial charge in [-0.05, 0) is 55.2 Å². The third kappa shape index (κ3) is 3.63. The average molecular weight is 282 g/mol. The van der Waals surface area contributed by atoms with Gasteiger partial charge in [0.25, 0.3) is 5.91 Å². The molecule has 0 unspecified atom stereocenters. The minimum atomic E-state index is -0.123. The second kappa shape index (κ2) is 6.44. The number of carbonyl (C=O) groups is 1. The zero-order chi connectivity index (χ0) is 15.4. The molecule has 0 aliphatic rings. The number of benzene rings is 2. The largest absolute Gasteiger partial charge is 0.398 e. The number of carbonyl (C=O) groups excluding carboxylic acids is 1. The van der Waals surface area contributed by atoms with Gasteiger partial charge in [-0.15, -0.1) is 0 Å². The Bertz CT molecular complexity index is 645. The van der Waals surface area contributed by atoms with Crippen molar-refractivity contribution in [2.45, 2.75) is 33.6 Å². The number of hydrogen-bond acceptors (Lipinski definition) is 2. The molecule has 2 aromatic carbocycles. The van der Waals surface area contributed by atoms with Gasteiger partial charge in [-0.1, -0.05) is 31.5 Å². The molecule has 0 aliphatic heterocycles. The zero-order valence-electron chi connectivity index (χ0n) is 12.9. The Morgan fingerprint density at radius 1 is 1.10 bits per heavy atom. The smallest absolute Gasteiger partial charge is 0.256 e. The Labute approximate surface area is 126 Å². The standard InChI is InChI=1S/C18H22N2O/c1-4-5-14-6-8-15(9-7-14)20-18(21)16-11-17(19)13(3)10-12(16)2/h6-11H,4-5,19H2,1-3H3,(H,20,21). The topological polar surface area (TPSA) is 55.1 Å². The lowest BCUT2D eigenvalue weighted by molar-refractivity contribution is 0.102. The molecule has 1 amide bonds. The summed E-state index contributed by atoms with van der Waals surface area (Å²) in [4.78, 5) is 12.3. The van der Waals surface area contributed by atoms with E-state index < -0.39 is 0 Å². The van der Waals surface area contributed by atoms with Gasteiger partial charge in [0.1, 0.15) is 0 Å². The van der Waals surface area contributed by atoms with Crippen molar-refractivity contribution in [3.8, 4) is 0 Å². The monoisotopic (exact) mass is 282 g/mol. The van der Waals surface area contributed by atoms with Crippen LogP contribution in [0.2, 0.25) is 0 Å². The van der Waals surface area contributed by atoms with Crippen molar-refractivity contribution in [3.63, 3.8) is 0 Å². The van der Waals surface area contributed by atoms with Gasteiger partial charge in [0.2, 0.25) is 0 Å². The second-order valence-electron chi connectivity index (χ2n) is 5.42. The maximum atomic E-state index is 12.3. The van der Waals surface area contributed by atoms with E-state index in [0.717, 1.165) is 29.7 Å². The van der Waals surface area contributed by atoms with Gasteiger partial charge in [-0.2, -0.15) is 0 Å². The fourth-order valence-corrected chi connectivity index (χ4v) is 2.36. The number of nitrogens with two attached hydrogens (primary N) is 1. The highest BCUT2D eigenvalue weighted by atomic mass is 16.1. The molecule has 2 aromatic rings. The summed E-state index contributed by atoms with van der Waals surface area (Å²) in [5.74, 6) is -0.123. The summed E-state index contributed by atoms with van der Waals surface area (Å²) < 4.78 is 0. The van der Waals surface area contributed by atoms with Crippen molar-refractivity contribution in [1.29, 1.82) is 0 Å². The summed E-state index contributed by atoms with van der Waals surface area (Å²) in [5, 5.41) is 2.92. The quantitative estimate of drug-likeness (QED) is 0.830. The molecule has 0 bridgehead atoms. The molecule has 0 saturated carbocycles. The highest BCUT2D eigenvalue weighted by molar-refractivity contribution is 6.05. The van der Waals surface area contributed by atoms with Crippen LogP contribution in [0.25, 0.3) is 0 Å². The fraction of sp³-hybridized carbons (Fsp3) is 0.278. The van der Waals surface area contributed by atoms with Crippen LogP contribution in [-0.2, 0) is 6.42 Å². The number of anilines is 2. The fourth-order valence-electron chi connectivity index (χ4n) is 2.36. The van der Waals surface area contributed by atoms with Crippen molar-refractivity contribution in [3.05, 3.63) is 58.7 Å². The minimum Gasteiger partial charge on any atom is -0.398 e. The van der Waals surface area contributed by atoms with Crippen molar-refractivity contribution >= 4 is 17.3 Å². The summed E-state index contributed by atoms with van der Waals surface area (Å²) in [5.41, 5.74) is 11.2. The van der Waals surface area contributed by atoms with Gasteiger partial charge < -0.3 is 11.1 Å². The summed E-state index contributed by atoms with van der Waals surface area (Å²) in [6.07, 6.45) is 2.18. The SMILES string of the molecule is CCCc1ccc(NC(=O)c2cc(N)c(C)cc2C)cc1. The first-order chi connectivity index (χ1) is 10.0. The van der Waals surface area contributed by atoms with Crippen LogP contribution in [-0.4, -0.2) is 5.91 Å². The lowest BCUT2D eigenvalue weighted by Gasteiger charge is -2.11. The molecule has 0 aliphatic carbocycles. The van der Waals surface area contributed by atoms with Gasteiger partial charge in [-0.25, -0.2) is 0 Å². The summed E-state index contributed by atoms with van der Waals surface area (Å²) in [6, 6.07) is 11.7. The predicted octanol–water partition coefficient (Wildman–Crippen LogP) is 4.09. The third-order valence-electron chi connectivity index (χ3n) is 3.61. The van der Waals surface area contributed by atoms with E-state index in [-0.39, 0.29) is 5.91 Å². The molecule has 3 N–H and O–H groups in total. The molecule has 110 valence electrons. The van der Waals surface area contributed by atoms with Crippen LogP contribution in [0.15, 0.2) is 36.4 Å². The Balaban J connectivity index is 2.16. The van der Waals surface area contributed by atoms with Crippen molar-refractivity contribution in [2.24, 2.45) is 0 Å². The molecular weight excluding hydrogens is 260 g/mol. The molecule has 0 spiro atoms. The van der Waals surface area contributed by atoms with Crippen LogP contribution in [0.5, 0.6) is 0 Å². The summed E-state index contributed by atoms with van der Waals surface area (Å²) in [6.45, 7) is 6.02. The van der Waals surface area contributed by atoms with E-state index in [0.29, 0.717) is 11.3 Å². The molecule has 0 saturated heterocycles. The second-order valence-corrected chi connectivity index (χ2v) is 5.42. The van der Waals surface area contributed by atoms with Crippen LogP contribution in [0.1, 0.15) is 40.4 Å². The molecule has 21 heavy (non-hydrogen) atoms. The van der Waals surface area contributed by atoms with Crippen LogP contribution in [0.3, 0.4) is 0 Å². The average Bonchev–Trinajstić information content (AvgIpc) is 2.45. The number of amides is 1. The van der Waals surface area contributed by atoms with E-state index in [1.165, 1.54) is 5.56 Å². The highest BCUT2D eigenvalue weighted by Gasteiger charge is 2.11. The molecule has 0 fully saturated rings. The van der Waals surface area contributed by atoms with Crippen molar-refractivity contribution in [1.82, 2.24) is 0 Å². The molecule has 3 nitrogen and oxygen atoms in total. The Morgan fingerprint density at radius 2 is 1.76 bits per heavy atom. The summed E-state index contributed by atoms with van der Waals surface area (Å²) in [7, 11) is 0. The Hall–Kier alpha value is -2.29. The minimum absolute atomic E-state index is 0.123. The van der Waals surface area contributed by atoms with E-state index in [1.54, 1.807) is 6.07 Å². The molecule has 0 radical (unpaired) electrons. The maximum Gasteiger partial charge on any atom is 0.256 e. The maximum absolute atomic E-state index is 12.3. The first kappa shape index (κ1) is 15.1. The molecule has 3 heteroatoms. The lowest BCUT2D eigenvalue weighted by Crippen LogP contribution is -2.14. The van der Waals surface area contributed by atoms with Gasteiger partial charge in [0, 0.05) is 16.9 Å². The van der Waals surface area contributed by atoms with Gasteiger partial charge >= 0.3 is 0 Å². The number of hydrogen-bond donors (Lipinski definition) is 2. The zero-order valence-corrected chi connectivity index (χ0v) is 12.9. The normalized spacial score (nSPS) is 10.4. The molecule has 0 aromatic heterocycles. The van der Waals surface area contributed by atoms with Crippen LogP contribution in [0.4, 0.5) is 11.4 Å². The Morgan fingerprint density at radius 3 is 2.38 bits per heavy atom. The van der Waals surface area contributed by atoms with Gasteiger partial charge in [0.15, 0.2) is 0 Å². The van der Waals surface area contributed by atoms with E-state index in [4.69, 9.17) is 5.73 Å². The Kier molecular flexibility index (Phi) is 4.63. The van der Waals surface area contributed by atoms with Gasteiger partial charge in [0.05, 0.1) is 0 Å². The molecular formula is C18H22N2O. The van der Waals surface area contributed by atoms with Crippen molar-refractivity contribution < 1.29 is 4.79 Å². The first-order valence-corrected chi connectivity index (χ1v) is 7.28. The van der Waals surface area contributed by atoms with Crippen LogP contribution < -0.4 is 11.1 Å².